The summed E-state index contributed by atoms with van der Waals surface area (Å²) in [5, 5.41) is 0. The first-order chi connectivity index (χ1) is 12.5. The van der Waals surface area contributed by atoms with Gasteiger partial charge in [-0.15, -0.1) is 6.58 Å². The van der Waals surface area contributed by atoms with Gasteiger partial charge < -0.3 is 14.2 Å². The molecule has 1 aromatic heterocycles. The van der Waals surface area contributed by atoms with Crippen LogP contribution in [-0.4, -0.2) is 35.6 Å². The van der Waals surface area contributed by atoms with Crippen molar-refractivity contribution in [2.45, 2.75) is 13.1 Å². The molecule has 0 fully saturated rings. The van der Waals surface area contributed by atoms with E-state index in [0.29, 0.717) is 24.3 Å². The van der Waals surface area contributed by atoms with Crippen LogP contribution in [0.1, 0.15) is 15.9 Å². The lowest BCUT2D eigenvalue weighted by Gasteiger charge is -2.22. The summed E-state index contributed by atoms with van der Waals surface area (Å²) in [4.78, 5) is 26.2. The van der Waals surface area contributed by atoms with Gasteiger partial charge in [0.05, 0.1) is 12.2 Å². The number of halogens is 2. The minimum Gasteiger partial charge on any atom is -0.383 e. The molecular weight excluding hydrogens is 403 g/mol. The molecule has 5 nitrogen and oxygen atoms in total. The molecule has 1 amide bonds. The SMILES string of the molecule is C=CCN(Cc1cc(Br)ccc1F)C(=O)c1ccc(=O)n(CCOC)c1. The van der Waals surface area contributed by atoms with E-state index in [2.05, 4.69) is 22.5 Å². The second-order valence-corrected chi connectivity index (χ2v) is 6.57. The zero-order valence-corrected chi connectivity index (χ0v) is 16.0. The van der Waals surface area contributed by atoms with Crippen LogP contribution in [0.4, 0.5) is 4.39 Å². The number of pyridine rings is 1. The Morgan fingerprint density at radius 3 is 2.85 bits per heavy atom. The summed E-state index contributed by atoms with van der Waals surface area (Å²) < 4.78 is 21.2. The molecule has 2 rings (SSSR count). The lowest BCUT2D eigenvalue weighted by Crippen LogP contribution is -2.32. The summed E-state index contributed by atoms with van der Waals surface area (Å²) >= 11 is 3.31. The maximum atomic E-state index is 14.0. The van der Waals surface area contributed by atoms with Crippen LogP contribution in [0.5, 0.6) is 0 Å². The van der Waals surface area contributed by atoms with Gasteiger partial charge in [-0.3, -0.25) is 9.59 Å². The highest BCUT2D eigenvalue weighted by Crippen LogP contribution is 2.18. The summed E-state index contributed by atoms with van der Waals surface area (Å²) in [5.74, 6) is -0.699. The third-order valence-electron chi connectivity index (χ3n) is 3.77. The number of nitrogens with zero attached hydrogens (tertiary/aromatic N) is 2. The van der Waals surface area contributed by atoms with Crippen LogP contribution in [0.2, 0.25) is 0 Å². The Bertz CT molecular complexity index is 851. The number of rotatable bonds is 8. The van der Waals surface area contributed by atoms with E-state index in [9.17, 15) is 14.0 Å². The number of carbonyl (C=O) groups is 1. The van der Waals surface area contributed by atoms with Gasteiger partial charge in [-0.05, 0) is 24.3 Å². The smallest absolute Gasteiger partial charge is 0.255 e. The van der Waals surface area contributed by atoms with E-state index in [1.807, 2.05) is 0 Å². The number of benzene rings is 1. The molecule has 7 heteroatoms. The van der Waals surface area contributed by atoms with E-state index >= 15 is 0 Å². The minimum atomic E-state index is -0.389. The number of ether oxygens (including phenoxy) is 1. The van der Waals surface area contributed by atoms with Gasteiger partial charge in [-0.25, -0.2) is 4.39 Å². The minimum absolute atomic E-state index is 0.0906. The lowest BCUT2D eigenvalue weighted by atomic mass is 10.1. The van der Waals surface area contributed by atoms with Crippen LogP contribution < -0.4 is 5.56 Å². The van der Waals surface area contributed by atoms with Crippen molar-refractivity contribution in [3.8, 4) is 0 Å². The maximum absolute atomic E-state index is 14.0. The average molecular weight is 423 g/mol. The number of aromatic nitrogens is 1. The zero-order chi connectivity index (χ0) is 19.1. The Kier molecular flexibility index (Phi) is 7.29. The highest BCUT2D eigenvalue weighted by molar-refractivity contribution is 9.10. The fourth-order valence-electron chi connectivity index (χ4n) is 2.45. The first kappa shape index (κ1) is 20.1. The van der Waals surface area contributed by atoms with Gasteiger partial charge in [-0.2, -0.15) is 0 Å². The highest BCUT2D eigenvalue weighted by atomic mass is 79.9. The van der Waals surface area contributed by atoms with Gasteiger partial charge in [0, 0.05) is 49.0 Å². The topological polar surface area (TPSA) is 51.5 Å². The van der Waals surface area contributed by atoms with Gasteiger partial charge in [0.25, 0.3) is 11.5 Å². The fourth-order valence-corrected chi connectivity index (χ4v) is 2.86. The summed E-state index contributed by atoms with van der Waals surface area (Å²) in [5.41, 5.74) is 0.521. The Labute approximate surface area is 159 Å². The molecule has 2 aromatic rings. The van der Waals surface area contributed by atoms with Crippen molar-refractivity contribution in [3.05, 3.63) is 81.0 Å². The quantitative estimate of drug-likeness (QED) is 0.613. The molecule has 0 aliphatic rings. The van der Waals surface area contributed by atoms with E-state index < -0.39 is 0 Å². The number of hydrogen-bond donors (Lipinski definition) is 0. The normalized spacial score (nSPS) is 10.6. The largest absolute Gasteiger partial charge is 0.383 e. The Morgan fingerprint density at radius 1 is 1.38 bits per heavy atom. The van der Waals surface area contributed by atoms with Crippen molar-refractivity contribution in [2.75, 3.05) is 20.3 Å². The van der Waals surface area contributed by atoms with Crippen molar-refractivity contribution >= 4 is 21.8 Å². The molecule has 0 N–H and O–H groups in total. The molecule has 0 aliphatic heterocycles. The zero-order valence-electron chi connectivity index (χ0n) is 14.5. The monoisotopic (exact) mass is 422 g/mol. The van der Waals surface area contributed by atoms with Crippen LogP contribution in [-0.2, 0) is 17.8 Å². The van der Waals surface area contributed by atoms with E-state index in [0.717, 1.165) is 4.47 Å². The molecule has 0 radical (unpaired) electrons. The summed E-state index contributed by atoms with van der Waals surface area (Å²) in [7, 11) is 1.54. The van der Waals surface area contributed by atoms with Gasteiger partial charge in [0.2, 0.25) is 0 Å². The molecule has 0 aliphatic carbocycles. The van der Waals surface area contributed by atoms with E-state index in [4.69, 9.17) is 4.74 Å². The molecule has 1 heterocycles. The molecule has 1 aromatic carbocycles. The van der Waals surface area contributed by atoms with Crippen molar-refractivity contribution in [2.24, 2.45) is 0 Å². The van der Waals surface area contributed by atoms with Gasteiger partial charge in [-0.1, -0.05) is 22.0 Å². The van der Waals surface area contributed by atoms with Gasteiger partial charge in [0.15, 0.2) is 0 Å². The first-order valence-electron chi connectivity index (χ1n) is 7.99. The Balaban J connectivity index is 2.29. The molecule has 0 bridgehead atoms. The molecule has 26 heavy (non-hydrogen) atoms. The highest BCUT2D eigenvalue weighted by Gasteiger charge is 2.18. The Morgan fingerprint density at radius 2 is 2.15 bits per heavy atom. The molecular formula is C19H20BrFN2O3. The molecule has 0 saturated carbocycles. The van der Waals surface area contributed by atoms with Crippen molar-refractivity contribution < 1.29 is 13.9 Å². The third-order valence-corrected chi connectivity index (χ3v) is 4.27. The van der Waals surface area contributed by atoms with Crippen molar-refractivity contribution in [3.63, 3.8) is 0 Å². The number of amides is 1. The first-order valence-corrected chi connectivity index (χ1v) is 8.79. The van der Waals surface area contributed by atoms with E-state index in [1.54, 1.807) is 25.3 Å². The third kappa shape index (κ3) is 5.12. The fraction of sp³-hybridized carbons (Fsp3) is 0.263. The number of carbonyl (C=O) groups excluding carboxylic acids is 1. The Hall–Kier alpha value is -2.25. The molecule has 0 atom stereocenters. The van der Waals surface area contributed by atoms with Crippen LogP contribution in [0.25, 0.3) is 0 Å². The van der Waals surface area contributed by atoms with Gasteiger partial charge >= 0.3 is 0 Å². The summed E-state index contributed by atoms with van der Waals surface area (Å²) in [6.07, 6.45) is 3.08. The number of hydrogen-bond acceptors (Lipinski definition) is 3. The lowest BCUT2D eigenvalue weighted by molar-refractivity contribution is 0.0760. The van der Waals surface area contributed by atoms with Gasteiger partial charge in [0.1, 0.15) is 5.82 Å². The molecule has 0 spiro atoms. The molecule has 0 unspecified atom stereocenters. The molecule has 0 saturated heterocycles. The predicted molar refractivity (Wildman–Crippen MR) is 102 cm³/mol. The van der Waals surface area contributed by atoms with Crippen LogP contribution in [0, 0.1) is 5.82 Å². The van der Waals surface area contributed by atoms with Crippen LogP contribution in [0.3, 0.4) is 0 Å². The number of methoxy groups -OCH3 is 1. The van der Waals surface area contributed by atoms with Crippen LogP contribution in [0.15, 0.2) is 58.5 Å². The summed E-state index contributed by atoms with van der Waals surface area (Å²) in [6.45, 7) is 4.71. The standard InChI is InChI=1S/C19H20BrFN2O3/c1-3-8-23(13-15-11-16(20)5-6-17(15)21)19(25)14-4-7-18(24)22(12-14)9-10-26-2/h3-7,11-12H,1,8-10,13H2,2H3. The second-order valence-electron chi connectivity index (χ2n) is 5.65. The van der Waals surface area contributed by atoms with E-state index in [-0.39, 0.29) is 30.4 Å². The van der Waals surface area contributed by atoms with Crippen molar-refractivity contribution in [1.29, 1.82) is 0 Å². The maximum Gasteiger partial charge on any atom is 0.255 e. The summed E-state index contributed by atoms with van der Waals surface area (Å²) in [6, 6.07) is 7.40. The average Bonchev–Trinajstić information content (AvgIpc) is 2.63. The predicted octanol–water partition coefficient (Wildman–Crippen LogP) is 3.22. The molecule has 138 valence electrons. The van der Waals surface area contributed by atoms with Crippen molar-refractivity contribution in [1.82, 2.24) is 9.47 Å². The second kappa shape index (κ2) is 9.45. The van der Waals surface area contributed by atoms with Crippen LogP contribution >= 0.6 is 15.9 Å². The van der Waals surface area contributed by atoms with E-state index in [1.165, 1.54) is 33.9 Å².